The summed E-state index contributed by atoms with van der Waals surface area (Å²) >= 11 is 0. The number of rotatable bonds is 3. The van der Waals surface area contributed by atoms with Crippen LogP contribution in [0.2, 0.25) is 0 Å². The lowest BCUT2D eigenvalue weighted by atomic mass is 9.93. The van der Waals surface area contributed by atoms with Crippen molar-refractivity contribution in [1.82, 2.24) is 9.97 Å². The summed E-state index contributed by atoms with van der Waals surface area (Å²) < 4.78 is 0. The predicted molar refractivity (Wildman–Crippen MR) is 104 cm³/mol. The first-order valence-corrected chi connectivity index (χ1v) is 8.34. The lowest BCUT2D eigenvalue weighted by Gasteiger charge is -2.12. The molecule has 0 saturated carbocycles. The maximum atomic E-state index is 9.93. The van der Waals surface area contributed by atoms with E-state index < -0.39 is 0 Å². The van der Waals surface area contributed by atoms with Crippen molar-refractivity contribution < 1.29 is 0 Å². The topological polar surface area (TPSA) is 49.6 Å². The van der Waals surface area contributed by atoms with Crippen molar-refractivity contribution in [1.29, 1.82) is 5.26 Å². The Morgan fingerprint density at radius 1 is 0.692 bits per heavy atom. The Kier molecular flexibility index (Phi) is 4.24. The molecule has 1 heterocycles. The molecule has 0 fully saturated rings. The van der Waals surface area contributed by atoms with Crippen LogP contribution in [0.25, 0.3) is 22.2 Å². The van der Waals surface area contributed by atoms with Gasteiger partial charge in [0.05, 0.1) is 28.5 Å². The van der Waals surface area contributed by atoms with Gasteiger partial charge in [-0.2, -0.15) is 5.26 Å². The van der Waals surface area contributed by atoms with Crippen LogP contribution in [0.3, 0.4) is 0 Å². The molecule has 0 radical (unpaired) electrons. The molecule has 0 aliphatic carbocycles. The van der Waals surface area contributed by atoms with E-state index in [4.69, 9.17) is 4.98 Å². The number of aromatic nitrogens is 2. The van der Waals surface area contributed by atoms with E-state index in [2.05, 4.69) is 11.1 Å². The number of fused-ring (bicyclic) bond motifs is 1. The highest BCUT2D eigenvalue weighted by Gasteiger charge is 2.16. The average Bonchev–Trinajstić information content (AvgIpc) is 2.73. The van der Waals surface area contributed by atoms with Gasteiger partial charge in [-0.15, -0.1) is 0 Å². The lowest BCUT2D eigenvalue weighted by Crippen LogP contribution is -1.98. The normalized spacial score (nSPS) is 11.7. The maximum absolute atomic E-state index is 9.93. The van der Waals surface area contributed by atoms with E-state index in [0.717, 1.165) is 27.7 Å². The van der Waals surface area contributed by atoms with Crippen LogP contribution in [0, 0.1) is 11.3 Å². The minimum absolute atomic E-state index is 0.585. The molecule has 4 aromatic rings. The minimum Gasteiger partial charge on any atom is -0.252 e. The molecule has 0 amide bonds. The fraction of sp³-hybridized carbons (Fsp3) is 0. The highest BCUT2D eigenvalue weighted by molar-refractivity contribution is 6.03. The lowest BCUT2D eigenvalue weighted by molar-refractivity contribution is 1.25. The third-order valence-corrected chi connectivity index (χ3v) is 4.19. The van der Waals surface area contributed by atoms with E-state index in [9.17, 15) is 5.26 Å². The van der Waals surface area contributed by atoms with Crippen molar-refractivity contribution in [2.45, 2.75) is 0 Å². The second-order valence-electron chi connectivity index (χ2n) is 5.84. The van der Waals surface area contributed by atoms with Gasteiger partial charge < -0.3 is 0 Å². The summed E-state index contributed by atoms with van der Waals surface area (Å²) in [4.78, 5) is 9.31. The molecule has 0 bridgehead atoms. The van der Waals surface area contributed by atoms with Gasteiger partial charge in [0.2, 0.25) is 0 Å². The first-order chi connectivity index (χ1) is 12.9. The Hall–Kier alpha value is -3.77. The first kappa shape index (κ1) is 15.7. The van der Waals surface area contributed by atoms with Crippen LogP contribution < -0.4 is 0 Å². The summed E-state index contributed by atoms with van der Waals surface area (Å²) in [7, 11) is 0. The van der Waals surface area contributed by atoms with E-state index in [-0.39, 0.29) is 0 Å². The van der Waals surface area contributed by atoms with Crippen molar-refractivity contribution >= 4 is 22.2 Å². The number of hydrogen-bond donors (Lipinski definition) is 0. The van der Waals surface area contributed by atoms with E-state index in [0.29, 0.717) is 11.3 Å². The summed E-state index contributed by atoms with van der Waals surface area (Å²) in [5.41, 5.74) is 5.51. The zero-order valence-corrected chi connectivity index (χ0v) is 14.0. The molecular formula is C23H15N3. The smallest absolute Gasteiger partial charge is 0.100 e. The largest absolute Gasteiger partial charge is 0.252 e. The standard InChI is InChI=1S/C23H15N3/c24-15-19(17-9-3-1-4-10-17)23(18-11-5-2-6-12-18)22-16-25-20-13-7-8-14-21(20)26-22/h1-14,16H. The van der Waals surface area contributed by atoms with Gasteiger partial charge in [0.1, 0.15) is 6.07 Å². The summed E-state index contributed by atoms with van der Waals surface area (Å²) in [6.07, 6.45) is 1.74. The summed E-state index contributed by atoms with van der Waals surface area (Å²) in [6.45, 7) is 0. The molecule has 0 spiro atoms. The van der Waals surface area contributed by atoms with Gasteiger partial charge in [0.15, 0.2) is 0 Å². The second kappa shape index (κ2) is 7.00. The van der Waals surface area contributed by atoms with Gasteiger partial charge in [-0.3, -0.25) is 4.98 Å². The third kappa shape index (κ3) is 2.97. The van der Waals surface area contributed by atoms with Gasteiger partial charge in [-0.25, -0.2) is 4.98 Å². The highest BCUT2D eigenvalue weighted by Crippen LogP contribution is 2.31. The van der Waals surface area contributed by atoms with Crippen LogP contribution in [-0.4, -0.2) is 9.97 Å². The number of hydrogen-bond acceptors (Lipinski definition) is 3. The molecule has 0 saturated heterocycles. The van der Waals surface area contributed by atoms with E-state index in [1.165, 1.54) is 0 Å². The van der Waals surface area contributed by atoms with Crippen LogP contribution >= 0.6 is 0 Å². The molecule has 3 heteroatoms. The van der Waals surface area contributed by atoms with Crippen molar-refractivity contribution in [2.75, 3.05) is 0 Å². The van der Waals surface area contributed by atoms with Crippen LogP contribution in [0.1, 0.15) is 16.8 Å². The van der Waals surface area contributed by atoms with E-state index in [1.54, 1.807) is 6.20 Å². The Labute approximate surface area is 151 Å². The van der Waals surface area contributed by atoms with Gasteiger partial charge in [0.25, 0.3) is 0 Å². The highest BCUT2D eigenvalue weighted by atomic mass is 14.8. The van der Waals surface area contributed by atoms with Crippen LogP contribution in [-0.2, 0) is 0 Å². The molecule has 122 valence electrons. The fourth-order valence-electron chi connectivity index (χ4n) is 2.97. The predicted octanol–water partition coefficient (Wildman–Crippen LogP) is 5.11. The van der Waals surface area contributed by atoms with Crippen LogP contribution in [0.5, 0.6) is 0 Å². The number of para-hydroxylation sites is 2. The maximum Gasteiger partial charge on any atom is 0.100 e. The van der Waals surface area contributed by atoms with Crippen LogP contribution in [0.15, 0.2) is 91.1 Å². The number of benzene rings is 3. The van der Waals surface area contributed by atoms with Gasteiger partial charge >= 0.3 is 0 Å². The number of nitrogens with zero attached hydrogens (tertiary/aromatic N) is 3. The van der Waals surface area contributed by atoms with Crippen molar-refractivity contribution in [3.8, 4) is 6.07 Å². The molecule has 0 unspecified atom stereocenters. The Balaban J connectivity index is 2.02. The summed E-state index contributed by atoms with van der Waals surface area (Å²) in [5.74, 6) is 0. The Morgan fingerprint density at radius 2 is 1.27 bits per heavy atom. The van der Waals surface area contributed by atoms with E-state index >= 15 is 0 Å². The second-order valence-corrected chi connectivity index (χ2v) is 5.84. The van der Waals surface area contributed by atoms with Crippen molar-refractivity contribution in [2.24, 2.45) is 0 Å². The molecule has 0 aliphatic rings. The molecular weight excluding hydrogens is 318 g/mol. The van der Waals surface area contributed by atoms with Crippen LogP contribution in [0.4, 0.5) is 0 Å². The zero-order valence-electron chi connectivity index (χ0n) is 14.0. The molecule has 0 aliphatic heterocycles. The van der Waals surface area contributed by atoms with Crippen molar-refractivity contribution in [3.63, 3.8) is 0 Å². The van der Waals surface area contributed by atoms with Gasteiger partial charge in [-0.05, 0) is 23.3 Å². The molecule has 3 aromatic carbocycles. The molecule has 0 N–H and O–H groups in total. The Morgan fingerprint density at radius 3 is 1.92 bits per heavy atom. The number of nitriles is 1. The van der Waals surface area contributed by atoms with Gasteiger partial charge in [0, 0.05) is 5.57 Å². The van der Waals surface area contributed by atoms with Gasteiger partial charge in [-0.1, -0.05) is 72.8 Å². The summed E-state index contributed by atoms with van der Waals surface area (Å²) in [5, 5.41) is 9.93. The quantitative estimate of drug-likeness (QED) is 0.386. The third-order valence-electron chi connectivity index (χ3n) is 4.19. The molecule has 3 nitrogen and oxygen atoms in total. The monoisotopic (exact) mass is 333 g/mol. The SMILES string of the molecule is N#CC(=C(c1ccccc1)c1cnc2ccccc2n1)c1ccccc1. The molecule has 4 rings (SSSR count). The molecule has 1 aromatic heterocycles. The number of allylic oxidation sites excluding steroid dienone is 1. The first-order valence-electron chi connectivity index (χ1n) is 8.34. The zero-order chi connectivity index (χ0) is 17.8. The minimum atomic E-state index is 0.585. The molecule has 26 heavy (non-hydrogen) atoms. The molecule has 0 atom stereocenters. The fourth-order valence-corrected chi connectivity index (χ4v) is 2.97. The van der Waals surface area contributed by atoms with Crippen molar-refractivity contribution in [3.05, 3.63) is 108 Å². The Bertz CT molecular complexity index is 1120. The average molecular weight is 333 g/mol. The van der Waals surface area contributed by atoms with E-state index in [1.807, 2.05) is 84.9 Å². The summed E-state index contributed by atoms with van der Waals surface area (Å²) in [6, 6.07) is 29.7.